The second-order valence-corrected chi connectivity index (χ2v) is 10.0. The monoisotopic (exact) mass is 444 g/mol. The highest BCUT2D eigenvalue weighted by Gasteiger charge is 2.29. The van der Waals surface area contributed by atoms with Crippen LogP contribution in [0.1, 0.15) is 69.4 Å². The number of ether oxygens (including phenoxy) is 3. The summed E-state index contributed by atoms with van der Waals surface area (Å²) in [4.78, 5) is 5.45. The summed E-state index contributed by atoms with van der Waals surface area (Å²) in [5, 5.41) is 0. The van der Waals surface area contributed by atoms with Gasteiger partial charge in [-0.2, -0.15) is 0 Å². The fraction of sp³-hybridized carbons (Fsp3) is 0.778. The average molecular weight is 445 g/mol. The Bertz CT molecular complexity index is 677. The number of likely N-dealkylation sites (tertiary alicyclic amines) is 1. The van der Waals surface area contributed by atoms with E-state index in [9.17, 15) is 0 Å². The Morgan fingerprint density at radius 3 is 2.53 bits per heavy atom. The Morgan fingerprint density at radius 2 is 1.84 bits per heavy atom. The first-order chi connectivity index (χ1) is 15.7. The van der Waals surface area contributed by atoms with Gasteiger partial charge in [0, 0.05) is 44.5 Å². The Morgan fingerprint density at radius 1 is 1.03 bits per heavy atom. The van der Waals surface area contributed by atoms with Crippen LogP contribution in [0.25, 0.3) is 0 Å². The molecule has 180 valence electrons. The van der Waals surface area contributed by atoms with Crippen LogP contribution in [0.2, 0.25) is 0 Å². The molecule has 2 aliphatic heterocycles. The third-order valence-electron chi connectivity index (χ3n) is 7.71. The molecule has 0 bridgehead atoms. The van der Waals surface area contributed by atoms with Gasteiger partial charge >= 0.3 is 0 Å². The summed E-state index contributed by atoms with van der Waals surface area (Å²) >= 11 is 0. The fourth-order valence-electron chi connectivity index (χ4n) is 5.93. The van der Waals surface area contributed by atoms with Crippen molar-refractivity contribution in [2.75, 3.05) is 46.5 Å². The van der Waals surface area contributed by atoms with Crippen LogP contribution in [0.3, 0.4) is 0 Å². The van der Waals surface area contributed by atoms with Gasteiger partial charge in [-0.25, -0.2) is 0 Å². The molecule has 3 aliphatic rings. The SMILES string of the molecule is CCOCc1cc(CN(CC2CCN(C3CCCC3)CC2)C[C@@H]2CCCO2)ccc1OC. The molecule has 4 rings (SSSR count). The molecule has 0 aromatic heterocycles. The summed E-state index contributed by atoms with van der Waals surface area (Å²) in [5.74, 6) is 1.72. The zero-order valence-electron chi connectivity index (χ0n) is 20.4. The van der Waals surface area contributed by atoms with E-state index in [2.05, 4.69) is 28.0 Å². The zero-order chi connectivity index (χ0) is 22.2. The van der Waals surface area contributed by atoms with Crippen LogP contribution in [-0.4, -0.2) is 68.4 Å². The van der Waals surface area contributed by atoms with E-state index in [-0.39, 0.29) is 0 Å². The van der Waals surface area contributed by atoms with Gasteiger partial charge in [0.2, 0.25) is 0 Å². The third-order valence-corrected chi connectivity index (χ3v) is 7.71. The molecule has 0 N–H and O–H groups in total. The lowest BCUT2D eigenvalue weighted by atomic mass is 9.94. The van der Waals surface area contributed by atoms with Crippen molar-refractivity contribution in [2.24, 2.45) is 5.92 Å². The van der Waals surface area contributed by atoms with E-state index >= 15 is 0 Å². The van der Waals surface area contributed by atoms with Gasteiger partial charge in [-0.15, -0.1) is 0 Å². The first-order valence-electron chi connectivity index (χ1n) is 13.1. The van der Waals surface area contributed by atoms with Crippen molar-refractivity contribution in [3.63, 3.8) is 0 Å². The van der Waals surface area contributed by atoms with Crippen LogP contribution in [0, 0.1) is 5.92 Å². The molecule has 1 aromatic carbocycles. The molecular formula is C27H44N2O3. The number of hydrogen-bond donors (Lipinski definition) is 0. The fourth-order valence-corrected chi connectivity index (χ4v) is 5.93. The lowest BCUT2D eigenvalue weighted by molar-refractivity contribution is 0.0539. The molecule has 1 aliphatic carbocycles. The summed E-state index contributed by atoms with van der Waals surface area (Å²) < 4.78 is 17.3. The smallest absolute Gasteiger partial charge is 0.124 e. The molecule has 0 unspecified atom stereocenters. The predicted molar refractivity (Wildman–Crippen MR) is 129 cm³/mol. The number of piperidine rings is 1. The standard InChI is InChI=1S/C27H44N2O3/c1-3-31-21-24-17-23(10-11-27(24)30-2)19-28(20-26-9-6-16-32-26)18-22-12-14-29(15-13-22)25-7-4-5-8-25/h10-11,17,22,25-26H,3-9,12-16,18-21H2,1-2H3/t26-/m0/s1. The van der Waals surface area contributed by atoms with E-state index in [1.165, 1.54) is 76.6 Å². The summed E-state index contributed by atoms with van der Waals surface area (Å²) in [6, 6.07) is 7.48. The highest BCUT2D eigenvalue weighted by Crippen LogP contribution is 2.29. The summed E-state index contributed by atoms with van der Waals surface area (Å²) in [6.45, 7) is 10.1. The summed E-state index contributed by atoms with van der Waals surface area (Å²) in [7, 11) is 1.74. The van der Waals surface area contributed by atoms with Gasteiger partial charge in [-0.05, 0) is 82.2 Å². The maximum absolute atomic E-state index is 6.02. The van der Waals surface area contributed by atoms with Gasteiger partial charge in [0.25, 0.3) is 0 Å². The first kappa shape index (κ1) is 24.0. The minimum atomic E-state index is 0.398. The molecule has 5 heteroatoms. The Hall–Kier alpha value is -1.14. The molecule has 2 saturated heterocycles. The van der Waals surface area contributed by atoms with Crippen LogP contribution >= 0.6 is 0 Å². The molecule has 1 atom stereocenters. The topological polar surface area (TPSA) is 34.2 Å². The van der Waals surface area contributed by atoms with Gasteiger partial charge in [-0.1, -0.05) is 18.9 Å². The predicted octanol–water partition coefficient (Wildman–Crippen LogP) is 4.87. The number of benzene rings is 1. The lowest BCUT2D eigenvalue weighted by Crippen LogP contribution is -2.43. The maximum Gasteiger partial charge on any atom is 0.124 e. The molecular weight excluding hydrogens is 400 g/mol. The van der Waals surface area contributed by atoms with E-state index < -0.39 is 0 Å². The molecule has 32 heavy (non-hydrogen) atoms. The van der Waals surface area contributed by atoms with Gasteiger partial charge < -0.3 is 19.1 Å². The van der Waals surface area contributed by atoms with Gasteiger partial charge in [-0.3, -0.25) is 4.90 Å². The molecule has 0 spiro atoms. The minimum absolute atomic E-state index is 0.398. The first-order valence-corrected chi connectivity index (χ1v) is 13.1. The highest BCUT2D eigenvalue weighted by molar-refractivity contribution is 5.37. The Balaban J connectivity index is 1.37. The molecule has 0 amide bonds. The van der Waals surface area contributed by atoms with Gasteiger partial charge in [0.1, 0.15) is 5.75 Å². The third kappa shape index (κ3) is 6.69. The average Bonchev–Trinajstić information content (AvgIpc) is 3.53. The largest absolute Gasteiger partial charge is 0.496 e. The Kier molecular flexibility index (Phi) is 9.27. The normalized spacial score (nSPS) is 23.4. The van der Waals surface area contributed by atoms with Crippen LogP contribution in [0.4, 0.5) is 0 Å². The Labute approximate surface area is 195 Å². The maximum atomic E-state index is 6.02. The molecule has 3 fully saturated rings. The highest BCUT2D eigenvalue weighted by atomic mass is 16.5. The van der Waals surface area contributed by atoms with E-state index in [0.717, 1.165) is 49.6 Å². The van der Waals surface area contributed by atoms with E-state index in [1.54, 1.807) is 7.11 Å². The zero-order valence-corrected chi connectivity index (χ0v) is 20.4. The van der Waals surface area contributed by atoms with Crippen LogP contribution < -0.4 is 4.74 Å². The van der Waals surface area contributed by atoms with Crippen molar-refractivity contribution in [3.05, 3.63) is 29.3 Å². The second-order valence-electron chi connectivity index (χ2n) is 10.0. The number of nitrogens with zero attached hydrogens (tertiary/aromatic N) is 2. The summed E-state index contributed by atoms with van der Waals surface area (Å²) in [6.07, 6.45) is 11.2. The van der Waals surface area contributed by atoms with Crippen LogP contribution in [-0.2, 0) is 22.6 Å². The van der Waals surface area contributed by atoms with E-state index in [1.807, 2.05) is 6.92 Å². The van der Waals surface area contributed by atoms with E-state index in [0.29, 0.717) is 12.7 Å². The minimum Gasteiger partial charge on any atom is -0.496 e. The number of rotatable bonds is 11. The van der Waals surface area contributed by atoms with Crippen molar-refractivity contribution in [1.82, 2.24) is 9.80 Å². The van der Waals surface area contributed by atoms with Crippen molar-refractivity contribution < 1.29 is 14.2 Å². The summed E-state index contributed by atoms with van der Waals surface area (Å²) in [5.41, 5.74) is 2.50. The van der Waals surface area contributed by atoms with Crippen molar-refractivity contribution in [2.45, 2.75) is 83.6 Å². The van der Waals surface area contributed by atoms with Crippen molar-refractivity contribution in [3.8, 4) is 5.75 Å². The quantitative estimate of drug-likeness (QED) is 0.487. The number of methoxy groups -OCH3 is 1. The lowest BCUT2D eigenvalue weighted by Gasteiger charge is -2.38. The van der Waals surface area contributed by atoms with Crippen molar-refractivity contribution >= 4 is 0 Å². The van der Waals surface area contributed by atoms with Crippen LogP contribution in [0.15, 0.2) is 18.2 Å². The van der Waals surface area contributed by atoms with Gasteiger partial charge in [0.05, 0.1) is 19.8 Å². The van der Waals surface area contributed by atoms with Gasteiger partial charge in [0.15, 0.2) is 0 Å². The molecule has 0 radical (unpaired) electrons. The van der Waals surface area contributed by atoms with Crippen LogP contribution in [0.5, 0.6) is 5.75 Å². The number of hydrogen-bond acceptors (Lipinski definition) is 5. The van der Waals surface area contributed by atoms with Crippen molar-refractivity contribution in [1.29, 1.82) is 0 Å². The molecule has 1 saturated carbocycles. The molecule has 2 heterocycles. The molecule has 1 aromatic rings. The molecule has 5 nitrogen and oxygen atoms in total. The second kappa shape index (κ2) is 12.4. The van der Waals surface area contributed by atoms with E-state index in [4.69, 9.17) is 14.2 Å².